The van der Waals surface area contributed by atoms with Crippen LogP contribution < -0.4 is 10.5 Å². The van der Waals surface area contributed by atoms with Gasteiger partial charge in [0, 0.05) is 6.54 Å². The van der Waals surface area contributed by atoms with E-state index in [4.69, 9.17) is 11.6 Å². The van der Waals surface area contributed by atoms with Gasteiger partial charge in [-0.05, 0) is 35.2 Å². The van der Waals surface area contributed by atoms with Crippen LogP contribution >= 0.6 is 22.9 Å². The van der Waals surface area contributed by atoms with Gasteiger partial charge in [-0.2, -0.15) is 16.4 Å². The zero-order chi connectivity index (χ0) is 12.5. The zero-order valence-electron chi connectivity index (χ0n) is 9.60. The van der Waals surface area contributed by atoms with E-state index in [1.165, 1.54) is 5.56 Å². The van der Waals surface area contributed by atoms with E-state index in [2.05, 4.69) is 31.9 Å². The van der Waals surface area contributed by atoms with Crippen LogP contribution in [0.25, 0.3) is 0 Å². The van der Waals surface area contributed by atoms with Crippen LogP contribution in [-0.2, 0) is 0 Å². The number of nitrogens with zero attached hydrogens (tertiary/aromatic N) is 2. The van der Waals surface area contributed by atoms with E-state index in [9.17, 15) is 4.79 Å². The maximum atomic E-state index is 11.5. The van der Waals surface area contributed by atoms with Crippen molar-refractivity contribution in [3.8, 4) is 0 Å². The van der Waals surface area contributed by atoms with E-state index < -0.39 is 0 Å². The number of hydrogen-bond acceptors (Lipinski definition) is 4. The summed E-state index contributed by atoms with van der Waals surface area (Å²) in [4.78, 5) is 13.7. The molecule has 1 aliphatic heterocycles. The van der Waals surface area contributed by atoms with E-state index in [0.717, 1.165) is 25.1 Å². The van der Waals surface area contributed by atoms with Gasteiger partial charge < -0.3 is 4.90 Å². The monoisotopic (exact) mass is 281 g/mol. The molecule has 0 radical (unpaired) electrons. The molecule has 0 spiro atoms. The van der Waals surface area contributed by atoms with Crippen LogP contribution in [0.15, 0.2) is 27.8 Å². The minimum atomic E-state index is -0.329. The molecule has 4 nitrogen and oxygen atoms in total. The van der Waals surface area contributed by atoms with Crippen molar-refractivity contribution in [1.82, 2.24) is 10.2 Å². The van der Waals surface area contributed by atoms with Gasteiger partial charge >= 0.3 is 0 Å². The van der Waals surface area contributed by atoms with Gasteiger partial charge in [0.15, 0.2) is 0 Å². The summed E-state index contributed by atoms with van der Waals surface area (Å²) in [5.41, 5.74) is 1.69. The fourth-order valence-corrected chi connectivity index (χ4v) is 3.35. The number of H-pyrrole nitrogens is 1. The third kappa shape index (κ3) is 1.93. The van der Waals surface area contributed by atoms with E-state index in [-0.39, 0.29) is 10.6 Å². The molecule has 1 saturated heterocycles. The van der Waals surface area contributed by atoms with Crippen molar-refractivity contribution >= 4 is 28.6 Å². The highest BCUT2D eigenvalue weighted by Crippen LogP contribution is 2.38. The third-order valence-corrected chi connectivity index (χ3v) is 4.33. The first-order valence-corrected chi connectivity index (χ1v) is 7.11. The van der Waals surface area contributed by atoms with Gasteiger partial charge in [-0.15, -0.1) is 0 Å². The Hall–Kier alpha value is -1.33. The summed E-state index contributed by atoms with van der Waals surface area (Å²) in [5, 5.41) is 10.6. The van der Waals surface area contributed by atoms with Crippen molar-refractivity contribution in [1.29, 1.82) is 0 Å². The van der Waals surface area contributed by atoms with Gasteiger partial charge in [0.2, 0.25) is 0 Å². The van der Waals surface area contributed by atoms with Crippen molar-refractivity contribution in [3.05, 3.63) is 44.0 Å². The summed E-state index contributed by atoms with van der Waals surface area (Å²) in [6, 6.07) is 2.43. The molecular weight excluding hydrogens is 270 g/mol. The van der Waals surface area contributed by atoms with Gasteiger partial charge in [0.25, 0.3) is 5.56 Å². The molecule has 1 unspecified atom stereocenters. The Labute approximate surface area is 113 Å². The number of hydrogen-bond donors (Lipinski definition) is 1. The van der Waals surface area contributed by atoms with E-state index in [0.29, 0.717) is 6.04 Å². The fourth-order valence-electron chi connectivity index (χ4n) is 2.44. The number of aromatic amines is 1. The molecule has 0 amide bonds. The highest BCUT2D eigenvalue weighted by Gasteiger charge is 2.28. The van der Waals surface area contributed by atoms with Crippen LogP contribution in [0.4, 0.5) is 5.69 Å². The van der Waals surface area contributed by atoms with Crippen LogP contribution in [0.1, 0.15) is 24.4 Å². The van der Waals surface area contributed by atoms with E-state index in [1.54, 1.807) is 17.5 Å². The summed E-state index contributed by atoms with van der Waals surface area (Å²) in [5.74, 6) is 0. The Morgan fingerprint density at radius 2 is 2.44 bits per heavy atom. The van der Waals surface area contributed by atoms with Crippen LogP contribution in [0, 0.1) is 0 Å². The summed E-state index contributed by atoms with van der Waals surface area (Å²) >= 11 is 7.77. The Kier molecular flexibility index (Phi) is 3.09. The molecule has 0 aromatic carbocycles. The van der Waals surface area contributed by atoms with E-state index in [1.807, 2.05) is 0 Å². The third-order valence-electron chi connectivity index (χ3n) is 3.27. The maximum absolute atomic E-state index is 11.5. The molecule has 3 rings (SSSR count). The lowest BCUT2D eigenvalue weighted by Crippen LogP contribution is -2.25. The second-order valence-electron chi connectivity index (χ2n) is 4.31. The van der Waals surface area contributed by atoms with Crippen LogP contribution in [0.5, 0.6) is 0 Å². The molecule has 2 aromatic rings. The molecule has 0 saturated carbocycles. The smallest absolute Gasteiger partial charge is 0.285 e. The lowest BCUT2D eigenvalue weighted by Gasteiger charge is -2.26. The Morgan fingerprint density at radius 1 is 1.56 bits per heavy atom. The number of halogens is 1. The lowest BCUT2D eigenvalue weighted by atomic mass is 10.1. The number of anilines is 1. The number of nitrogens with one attached hydrogen (secondary N) is 1. The molecule has 1 N–H and O–H groups in total. The standard InChI is InChI=1S/C12H12ClN3OS/c13-11-10(6-14-15-12(11)17)16-4-1-2-9(16)8-3-5-18-7-8/h3,5-7,9H,1-2,4H2,(H,15,17). The quantitative estimate of drug-likeness (QED) is 0.921. The van der Waals surface area contributed by atoms with Crippen LogP contribution in [-0.4, -0.2) is 16.7 Å². The van der Waals surface area contributed by atoms with Gasteiger partial charge in [-0.3, -0.25) is 4.79 Å². The predicted molar refractivity (Wildman–Crippen MR) is 73.5 cm³/mol. The number of aromatic nitrogens is 2. The fraction of sp³-hybridized carbons (Fsp3) is 0.333. The topological polar surface area (TPSA) is 49.0 Å². The van der Waals surface area contributed by atoms with Gasteiger partial charge in [0.1, 0.15) is 5.02 Å². The molecule has 94 valence electrons. The van der Waals surface area contributed by atoms with Gasteiger partial charge in [-0.1, -0.05) is 11.6 Å². The van der Waals surface area contributed by atoms with Crippen molar-refractivity contribution in [2.75, 3.05) is 11.4 Å². The summed E-state index contributed by atoms with van der Waals surface area (Å²) in [6.45, 7) is 0.908. The average Bonchev–Trinajstić information content (AvgIpc) is 3.01. The van der Waals surface area contributed by atoms with Crippen molar-refractivity contribution in [3.63, 3.8) is 0 Å². The minimum absolute atomic E-state index is 0.229. The molecule has 6 heteroatoms. The number of thiophene rings is 1. The Bertz CT molecular complexity index is 596. The largest absolute Gasteiger partial charge is 0.362 e. The van der Waals surface area contributed by atoms with E-state index >= 15 is 0 Å². The number of rotatable bonds is 2. The first-order valence-electron chi connectivity index (χ1n) is 5.79. The Balaban J connectivity index is 2.00. The van der Waals surface area contributed by atoms with Crippen molar-refractivity contribution < 1.29 is 0 Å². The highest BCUT2D eigenvalue weighted by atomic mass is 35.5. The normalized spacial score (nSPS) is 19.4. The highest BCUT2D eigenvalue weighted by molar-refractivity contribution is 7.08. The second-order valence-corrected chi connectivity index (χ2v) is 5.46. The van der Waals surface area contributed by atoms with Crippen molar-refractivity contribution in [2.24, 2.45) is 0 Å². The molecule has 0 bridgehead atoms. The minimum Gasteiger partial charge on any atom is -0.362 e. The molecular formula is C12H12ClN3OS. The summed E-state index contributed by atoms with van der Waals surface area (Å²) < 4.78 is 0. The molecule has 1 atom stereocenters. The van der Waals surface area contributed by atoms with Gasteiger partial charge in [0.05, 0.1) is 17.9 Å². The molecule has 1 fully saturated rings. The van der Waals surface area contributed by atoms with Crippen molar-refractivity contribution in [2.45, 2.75) is 18.9 Å². The molecule has 18 heavy (non-hydrogen) atoms. The molecule has 0 aliphatic carbocycles. The van der Waals surface area contributed by atoms with Crippen LogP contribution in [0.3, 0.4) is 0 Å². The maximum Gasteiger partial charge on any atom is 0.285 e. The first-order chi connectivity index (χ1) is 8.77. The Morgan fingerprint density at radius 3 is 3.22 bits per heavy atom. The molecule has 3 heterocycles. The van der Waals surface area contributed by atoms with Crippen LogP contribution in [0.2, 0.25) is 5.02 Å². The summed E-state index contributed by atoms with van der Waals surface area (Å²) in [7, 11) is 0. The first kappa shape index (κ1) is 11.7. The second kappa shape index (κ2) is 4.74. The molecule has 1 aliphatic rings. The van der Waals surface area contributed by atoms with Gasteiger partial charge in [-0.25, -0.2) is 5.10 Å². The lowest BCUT2D eigenvalue weighted by molar-refractivity contribution is 0.719. The predicted octanol–water partition coefficient (Wildman–Crippen LogP) is 2.83. The SMILES string of the molecule is O=c1[nH]ncc(N2CCCC2c2ccsc2)c1Cl. The molecule has 2 aromatic heterocycles. The average molecular weight is 282 g/mol. The summed E-state index contributed by atoms with van der Waals surface area (Å²) in [6.07, 6.45) is 3.82. The zero-order valence-corrected chi connectivity index (χ0v) is 11.2.